The summed E-state index contributed by atoms with van der Waals surface area (Å²) in [4.78, 5) is 26.5. The van der Waals surface area contributed by atoms with Crippen molar-refractivity contribution in [2.24, 2.45) is 7.05 Å². The summed E-state index contributed by atoms with van der Waals surface area (Å²) in [5.74, 6) is -1.83. The molecule has 0 atom stereocenters. The van der Waals surface area contributed by atoms with Gasteiger partial charge in [-0.05, 0) is 56.0 Å². The molecule has 0 unspecified atom stereocenters. The van der Waals surface area contributed by atoms with Crippen LogP contribution in [0.2, 0.25) is 0 Å². The second-order valence-electron chi connectivity index (χ2n) is 7.63. The zero-order valence-corrected chi connectivity index (χ0v) is 16.6. The van der Waals surface area contributed by atoms with Gasteiger partial charge >= 0.3 is 5.97 Å². The molecule has 0 radical (unpaired) electrons. The average molecular weight is 395 g/mol. The van der Waals surface area contributed by atoms with Gasteiger partial charge in [0.15, 0.2) is 5.56 Å². The van der Waals surface area contributed by atoms with Gasteiger partial charge in [-0.25, -0.2) is 4.79 Å². The van der Waals surface area contributed by atoms with Gasteiger partial charge < -0.3 is 25.1 Å². The van der Waals surface area contributed by atoms with Gasteiger partial charge in [0.2, 0.25) is 0 Å². The third-order valence-corrected chi connectivity index (χ3v) is 5.75. The number of aryl methyl sites for hydroxylation is 2. The minimum Gasteiger partial charge on any atom is -0.506 e. The minimum atomic E-state index is -1.42. The Hall–Kier alpha value is -3.06. The van der Waals surface area contributed by atoms with Crippen LogP contribution in [0.25, 0.3) is 22.2 Å². The lowest BCUT2D eigenvalue weighted by molar-refractivity contribution is 0.0691. The molecule has 1 aliphatic carbocycles. The number of H-pyrrole nitrogens is 1. The number of rotatable bonds is 5. The lowest BCUT2D eigenvalue weighted by atomic mass is 9.98. The summed E-state index contributed by atoms with van der Waals surface area (Å²) in [6.07, 6.45) is 3.14. The van der Waals surface area contributed by atoms with Gasteiger partial charge in [0.05, 0.1) is 5.69 Å². The van der Waals surface area contributed by atoms with Crippen molar-refractivity contribution in [3.63, 3.8) is 0 Å². The van der Waals surface area contributed by atoms with Crippen molar-refractivity contribution < 1.29 is 15.0 Å². The molecule has 29 heavy (non-hydrogen) atoms. The van der Waals surface area contributed by atoms with Gasteiger partial charge in [-0.3, -0.25) is 4.79 Å². The van der Waals surface area contributed by atoms with E-state index in [0.29, 0.717) is 17.7 Å². The molecule has 152 valence electrons. The van der Waals surface area contributed by atoms with E-state index < -0.39 is 22.8 Å². The maximum atomic E-state index is 12.3. The number of nitrogens with one attached hydrogen (secondary N) is 2. The zero-order valence-electron chi connectivity index (χ0n) is 16.6. The van der Waals surface area contributed by atoms with Crippen molar-refractivity contribution in [1.82, 2.24) is 14.9 Å². The summed E-state index contributed by atoms with van der Waals surface area (Å²) in [7, 11) is 2.05. The van der Waals surface area contributed by atoms with Gasteiger partial charge in [-0.2, -0.15) is 0 Å². The van der Waals surface area contributed by atoms with E-state index in [1.165, 1.54) is 5.69 Å². The van der Waals surface area contributed by atoms with Crippen molar-refractivity contribution in [1.29, 1.82) is 0 Å². The van der Waals surface area contributed by atoms with Crippen LogP contribution in [0.15, 0.2) is 23.0 Å². The molecule has 0 spiro atoms. The fourth-order valence-electron chi connectivity index (χ4n) is 4.24. The Morgan fingerprint density at radius 2 is 2.07 bits per heavy atom. The number of carbonyl (C=O) groups is 1. The van der Waals surface area contributed by atoms with E-state index in [9.17, 15) is 19.8 Å². The second-order valence-corrected chi connectivity index (χ2v) is 7.63. The van der Waals surface area contributed by atoms with Crippen LogP contribution in [0.4, 0.5) is 0 Å². The first-order valence-corrected chi connectivity index (χ1v) is 9.96. The van der Waals surface area contributed by atoms with Crippen molar-refractivity contribution in [3.8, 4) is 17.0 Å². The molecule has 3 aromatic rings. The Kier molecular flexibility index (Phi) is 4.92. The number of aromatic nitrogens is 2. The molecule has 0 saturated heterocycles. The first kappa shape index (κ1) is 19.3. The molecule has 4 N–H and O–H groups in total. The van der Waals surface area contributed by atoms with Gasteiger partial charge in [0.1, 0.15) is 5.75 Å². The van der Waals surface area contributed by atoms with Crippen LogP contribution in [-0.4, -0.2) is 32.3 Å². The number of nitrogens with zero attached hydrogens (tertiary/aromatic N) is 1. The Labute approximate surface area is 168 Å². The standard InChI is InChI=1S/C22H25N3O4/c1-3-7-23-11-14-8-13-9-16-12(10-17(13)25(14)2)5-4-6-15-19(16)24-21(27)18(20(15)26)22(28)29/h8-10,23H,3-7,11H2,1-2H3,(H,28,29)(H2,24,26,27). The zero-order chi connectivity index (χ0) is 20.7. The molecule has 0 amide bonds. The molecule has 0 fully saturated rings. The first-order valence-electron chi connectivity index (χ1n) is 9.96. The van der Waals surface area contributed by atoms with Crippen LogP contribution in [0.1, 0.15) is 46.9 Å². The van der Waals surface area contributed by atoms with E-state index in [-0.39, 0.29) is 0 Å². The lowest BCUT2D eigenvalue weighted by Crippen LogP contribution is -2.20. The van der Waals surface area contributed by atoms with Crippen LogP contribution < -0.4 is 10.9 Å². The average Bonchev–Trinajstić information content (AvgIpc) is 2.86. The largest absolute Gasteiger partial charge is 0.506 e. The Morgan fingerprint density at radius 1 is 1.28 bits per heavy atom. The van der Waals surface area contributed by atoms with Crippen LogP contribution in [0.3, 0.4) is 0 Å². The summed E-state index contributed by atoms with van der Waals surface area (Å²) in [6, 6.07) is 6.31. The Bertz CT molecular complexity index is 1170. The third kappa shape index (κ3) is 3.21. The van der Waals surface area contributed by atoms with Crippen molar-refractivity contribution >= 4 is 16.9 Å². The topological polar surface area (TPSA) is 107 Å². The number of hydrogen-bond acceptors (Lipinski definition) is 4. The van der Waals surface area contributed by atoms with Gasteiger partial charge in [0, 0.05) is 41.3 Å². The van der Waals surface area contributed by atoms with Gasteiger partial charge in [-0.1, -0.05) is 6.92 Å². The SMILES string of the molecule is CCCNCc1cc2cc3c(cc2n1C)CCCc1c-3[nH]c(=O)c(C(=O)O)c1O. The number of carboxylic acids is 1. The van der Waals surface area contributed by atoms with Crippen LogP contribution in [0, 0.1) is 0 Å². The van der Waals surface area contributed by atoms with E-state index in [1.807, 2.05) is 6.07 Å². The molecule has 7 heteroatoms. The fraction of sp³-hybridized carbons (Fsp3) is 0.364. The van der Waals surface area contributed by atoms with Crippen molar-refractivity contribution in [2.45, 2.75) is 39.2 Å². The Balaban J connectivity index is 1.89. The smallest absolute Gasteiger partial charge is 0.345 e. The number of carboxylic acid groups (broad SMARTS) is 1. The fourth-order valence-corrected chi connectivity index (χ4v) is 4.24. The number of hydrogen-bond donors (Lipinski definition) is 4. The van der Waals surface area contributed by atoms with E-state index in [0.717, 1.165) is 54.4 Å². The number of aromatic carboxylic acids is 1. The minimum absolute atomic E-state index is 0.415. The highest BCUT2D eigenvalue weighted by atomic mass is 16.4. The first-order chi connectivity index (χ1) is 13.9. The van der Waals surface area contributed by atoms with E-state index in [4.69, 9.17) is 0 Å². The van der Waals surface area contributed by atoms with Crippen molar-refractivity contribution in [2.75, 3.05) is 6.54 Å². The lowest BCUT2D eigenvalue weighted by Gasteiger charge is -2.13. The molecular formula is C22H25N3O4. The molecule has 0 saturated carbocycles. The normalized spacial score (nSPS) is 13.2. The van der Waals surface area contributed by atoms with Gasteiger partial charge in [0.25, 0.3) is 5.56 Å². The quantitative estimate of drug-likeness (QED) is 0.497. The molecule has 2 aromatic heterocycles. The predicted molar refractivity (Wildman–Crippen MR) is 112 cm³/mol. The monoisotopic (exact) mass is 395 g/mol. The van der Waals surface area contributed by atoms with E-state index >= 15 is 0 Å². The summed E-state index contributed by atoms with van der Waals surface area (Å²) in [5.41, 5.74) is 3.90. The number of benzene rings is 1. The van der Waals surface area contributed by atoms with Crippen molar-refractivity contribution in [3.05, 3.63) is 50.9 Å². The highest BCUT2D eigenvalue weighted by molar-refractivity contribution is 5.93. The summed E-state index contributed by atoms with van der Waals surface area (Å²) < 4.78 is 2.18. The number of fused-ring (bicyclic) bond motifs is 4. The number of aromatic hydroxyl groups is 1. The molecular weight excluding hydrogens is 370 g/mol. The maximum absolute atomic E-state index is 12.3. The molecule has 7 nitrogen and oxygen atoms in total. The highest BCUT2D eigenvalue weighted by Crippen LogP contribution is 2.38. The maximum Gasteiger partial charge on any atom is 0.345 e. The molecule has 4 rings (SSSR count). The summed E-state index contributed by atoms with van der Waals surface area (Å²) in [6.45, 7) is 3.87. The molecule has 0 aliphatic heterocycles. The van der Waals surface area contributed by atoms with Gasteiger partial charge in [-0.15, -0.1) is 0 Å². The molecule has 0 bridgehead atoms. The molecule has 1 aromatic carbocycles. The molecule has 1 aliphatic rings. The second kappa shape index (κ2) is 7.40. The highest BCUT2D eigenvalue weighted by Gasteiger charge is 2.26. The number of pyridine rings is 1. The summed E-state index contributed by atoms with van der Waals surface area (Å²) >= 11 is 0. The number of aromatic amines is 1. The third-order valence-electron chi connectivity index (χ3n) is 5.75. The van der Waals surface area contributed by atoms with Crippen LogP contribution >= 0.6 is 0 Å². The van der Waals surface area contributed by atoms with E-state index in [2.05, 4.69) is 41.0 Å². The molecule has 2 heterocycles. The predicted octanol–water partition coefficient (Wildman–Crippen LogP) is 2.93. The van der Waals surface area contributed by atoms with Crippen LogP contribution in [-0.2, 0) is 26.4 Å². The van der Waals surface area contributed by atoms with Crippen LogP contribution in [0.5, 0.6) is 5.75 Å². The Morgan fingerprint density at radius 3 is 2.79 bits per heavy atom. The van der Waals surface area contributed by atoms with E-state index in [1.54, 1.807) is 0 Å². The summed E-state index contributed by atoms with van der Waals surface area (Å²) in [5, 5.41) is 24.3.